The zero-order valence-electron chi connectivity index (χ0n) is 8.60. The van der Waals surface area contributed by atoms with E-state index in [9.17, 15) is 4.39 Å². The Hall–Kier alpha value is -0.600. The van der Waals surface area contributed by atoms with Crippen molar-refractivity contribution in [3.05, 3.63) is 34.6 Å². The molecule has 1 aromatic carbocycles. The highest BCUT2D eigenvalue weighted by Crippen LogP contribution is 2.18. The van der Waals surface area contributed by atoms with E-state index < -0.39 is 0 Å². The molecule has 0 spiro atoms. The molecule has 1 atom stereocenters. The van der Waals surface area contributed by atoms with E-state index in [2.05, 4.69) is 5.32 Å². The number of benzene rings is 1. The van der Waals surface area contributed by atoms with Gasteiger partial charge in [-0.15, -0.1) is 0 Å². The Morgan fingerprint density at radius 2 is 2.20 bits per heavy atom. The Morgan fingerprint density at radius 1 is 1.33 bits per heavy atom. The summed E-state index contributed by atoms with van der Waals surface area (Å²) < 4.78 is 13.1. The first kappa shape index (κ1) is 10.9. The van der Waals surface area contributed by atoms with Crippen LogP contribution in [0, 0.1) is 5.82 Å². The van der Waals surface area contributed by atoms with Gasteiger partial charge in [-0.1, -0.05) is 18.0 Å². The lowest BCUT2D eigenvalue weighted by atomic mass is 9.98. The van der Waals surface area contributed by atoms with Crippen LogP contribution in [0.2, 0.25) is 5.02 Å². The molecular formula is C12H15ClFN. The van der Waals surface area contributed by atoms with Gasteiger partial charge < -0.3 is 5.32 Å². The lowest BCUT2D eigenvalue weighted by Crippen LogP contribution is -2.35. The predicted molar refractivity (Wildman–Crippen MR) is 60.8 cm³/mol. The average molecular weight is 228 g/mol. The number of piperidine rings is 1. The second-order valence-electron chi connectivity index (χ2n) is 4.13. The van der Waals surface area contributed by atoms with Crippen molar-refractivity contribution in [1.29, 1.82) is 0 Å². The van der Waals surface area contributed by atoms with Crippen LogP contribution in [0.25, 0.3) is 0 Å². The molecule has 15 heavy (non-hydrogen) atoms. The summed E-state index contributed by atoms with van der Waals surface area (Å²) in [5.74, 6) is -0.242. The van der Waals surface area contributed by atoms with Gasteiger partial charge in [0.25, 0.3) is 0 Å². The van der Waals surface area contributed by atoms with E-state index in [0.29, 0.717) is 11.1 Å². The number of halogens is 2. The van der Waals surface area contributed by atoms with Gasteiger partial charge in [-0.3, -0.25) is 0 Å². The SMILES string of the molecule is Fc1cc(Cl)cc(C[C@H]2CCCCN2)c1. The fourth-order valence-electron chi connectivity index (χ4n) is 2.11. The molecule has 1 nitrogen and oxygen atoms in total. The van der Waals surface area contributed by atoms with Crippen LogP contribution in [0.15, 0.2) is 18.2 Å². The van der Waals surface area contributed by atoms with E-state index in [1.807, 2.05) is 6.07 Å². The van der Waals surface area contributed by atoms with Crippen molar-refractivity contribution in [3.63, 3.8) is 0 Å². The maximum absolute atomic E-state index is 13.1. The third kappa shape index (κ3) is 3.18. The minimum Gasteiger partial charge on any atom is -0.314 e. The number of nitrogens with one attached hydrogen (secondary N) is 1. The van der Waals surface area contributed by atoms with Crippen LogP contribution in [-0.4, -0.2) is 12.6 Å². The molecule has 1 aliphatic heterocycles. The fraction of sp³-hybridized carbons (Fsp3) is 0.500. The van der Waals surface area contributed by atoms with Gasteiger partial charge in [0.1, 0.15) is 5.82 Å². The summed E-state index contributed by atoms with van der Waals surface area (Å²) in [7, 11) is 0. The third-order valence-corrected chi connectivity index (χ3v) is 3.04. The average Bonchev–Trinajstić information content (AvgIpc) is 2.17. The van der Waals surface area contributed by atoms with Crippen molar-refractivity contribution in [2.24, 2.45) is 0 Å². The van der Waals surface area contributed by atoms with Gasteiger partial charge >= 0.3 is 0 Å². The van der Waals surface area contributed by atoms with Gasteiger partial charge in [-0.2, -0.15) is 0 Å². The van der Waals surface area contributed by atoms with E-state index in [1.165, 1.54) is 25.3 Å². The van der Waals surface area contributed by atoms with Crippen molar-refractivity contribution < 1.29 is 4.39 Å². The van der Waals surface area contributed by atoms with E-state index >= 15 is 0 Å². The van der Waals surface area contributed by atoms with Crippen LogP contribution in [0.3, 0.4) is 0 Å². The van der Waals surface area contributed by atoms with E-state index in [-0.39, 0.29) is 5.82 Å². The van der Waals surface area contributed by atoms with Gasteiger partial charge in [0.15, 0.2) is 0 Å². The zero-order valence-corrected chi connectivity index (χ0v) is 9.36. The number of rotatable bonds is 2. The highest BCUT2D eigenvalue weighted by atomic mass is 35.5. The summed E-state index contributed by atoms with van der Waals surface area (Å²) in [6.07, 6.45) is 4.56. The first-order chi connectivity index (χ1) is 7.24. The minimum atomic E-state index is -0.242. The van der Waals surface area contributed by atoms with Crippen LogP contribution in [0.5, 0.6) is 0 Å². The number of hydrogen-bond donors (Lipinski definition) is 1. The predicted octanol–water partition coefficient (Wildman–Crippen LogP) is 3.16. The Balaban J connectivity index is 2.02. The highest BCUT2D eigenvalue weighted by molar-refractivity contribution is 6.30. The molecule has 82 valence electrons. The van der Waals surface area contributed by atoms with E-state index in [1.54, 1.807) is 6.07 Å². The number of hydrogen-bond acceptors (Lipinski definition) is 1. The first-order valence-electron chi connectivity index (χ1n) is 5.42. The molecule has 0 bridgehead atoms. The molecule has 0 radical (unpaired) electrons. The van der Waals surface area contributed by atoms with Crippen molar-refractivity contribution in [2.45, 2.75) is 31.7 Å². The topological polar surface area (TPSA) is 12.0 Å². The van der Waals surface area contributed by atoms with Crippen molar-refractivity contribution in [3.8, 4) is 0 Å². The summed E-state index contributed by atoms with van der Waals surface area (Å²) in [6, 6.07) is 5.25. The largest absolute Gasteiger partial charge is 0.314 e. The van der Waals surface area contributed by atoms with Crippen LogP contribution in [0.1, 0.15) is 24.8 Å². The lowest BCUT2D eigenvalue weighted by molar-refractivity contribution is 0.399. The molecular weight excluding hydrogens is 213 g/mol. The van der Waals surface area contributed by atoms with Crippen molar-refractivity contribution in [1.82, 2.24) is 5.32 Å². The second kappa shape index (κ2) is 4.95. The van der Waals surface area contributed by atoms with Gasteiger partial charge in [0.05, 0.1) is 0 Å². The van der Waals surface area contributed by atoms with Crippen LogP contribution >= 0.6 is 11.6 Å². The molecule has 0 amide bonds. The maximum Gasteiger partial charge on any atom is 0.124 e. The molecule has 2 rings (SSSR count). The third-order valence-electron chi connectivity index (χ3n) is 2.82. The van der Waals surface area contributed by atoms with Gasteiger partial charge in [0, 0.05) is 11.1 Å². The summed E-state index contributed by atoms with van der Waals surface area (Å²) in [4.78, 5) is 0. The van der Waals surface area contributed by atoms with Crippen LogP contribution in [-0.2, 0) is 6.42 Å². The minimum absolute atomic E-state index is 0.242. The van der Waals surface area contributed by atoms with Crippen LogP contribution < -0.4 is 5.32 Å². The fourth-order valence-corrected chi connectivity index (χ4v) is 2.36. The molecule has 0 saturated carbocycles. The Labute approximate surface area is 94.6 Å². The molecule has 1 saturated heterocycles. The summed E-state index contributed by atoms with van der Waals surface area (Å²) >= 11 is 5.81. The van der Waals surface area contributed by atoms with E-state index in [0.717, 1.165) is 18.5 Å². The summed E-state index contributed by atoms with van der Waals surface area (Å²) in [6.45, 7) is 1.08. The normalized spacial score (nSPS) is 21.6. The molecule has 0 unspecified atom stereocenters. The molecule has 1 aliphatic rings. The first-order valence-corrected chi connectivity index (χ1v) is 5.80. The highest BCUT2D eigenvalue weighted by Gasteiger charge is 2.13. The van der Waals surface area contributed by atoms with Gasteiger partial charge in [-0.05, 0) is 49.6 Å². The Kier molecular flexibility index (Phi) is 3.60. The summed E-state index contributed by atoms with van der Waals surface area (Å²) in [5.41, 5.74) is 0.986. The Bertz CT molecular complexity index is 314. The smallest absolute Gasteiger partial charge is 0.124 e. The second-order valence-corrected chi connectivity index (χ2v) is 4.57. The van der Waals surface area contributed by atoms with Gasteiger partial charge in [-0.25, -0.2) is 4.39 Å². The Morgan fingerprint density at radius 3 is 2.87 bits per heavy atom. The molecule has 0 aromatic heterocycles. The van der Waals surface area contributed by atoms with Crippen molar-refractivity contribution in [2.75, 3.05) is 6.54 Å². The lowest BCUT2D eigenvalue weighted by Gasteiger charge is -2.23. The molecule has 0 aliphatic carbocycles. The molecule has 1 heterocycles. The zero-order chi connectivity index (χ0) is 10.7. The van der Waals surface area contributed by atoms with Crippen molar-refractivity contribution >= 4 is 11.6 Å². The quantitative estimate of drug-likeness (QED) is 0.819. The van der Waals surface area contributed by atoms with Crippen LogP contribution in [0.4, 0.5) is 4.39 Å². The van der Waals surface area contributed by atoms with Gasteiger partial charge in [0.2, 0.25) is 0 Å². The van der Waals surface area contributed by atoms with E-state index in [4.69, 9.17) is 11.6 Å². The standard InChI is InChI=1S/C12H15ClFN/c13-10-5-9(6-11(14)8-10)7-12-3-1-2-4-15-12/h5-6,8,12,15H,1-4,7H2/t12-/m1/s1. The maximum atomic E-state index is 13.1. The molecule has 1 N–H and O–H groups in total. The molecule has 1 fully saturated rings. The molecule has 3 heteroatoms. The molecule has 1 aromatic rings. The summed E-state index contributed by atoms with van der Waals surface area (Å²) in [5, 5.41) is 3.93. The monoisotopic (exact) mass is 227 g/mol.